The van der Waals surface area contributed by atoms with Crippen molar-refractivity contribution in [2.45, 2.75) is 109 Å². The molecule has 0 spiro atoms. The third-order valence-corrected chi connectivity index (χ3v) is 7.93. The van der Waals surface area contributed by atoms with E-state index in [2.05, 4.69) is 18.7 Å². The first kappa shape index (κ1) is 15.5. The molecule has 0 bridgehead atoms. The molecule has 126 valence electrons. The van der Waals surface area contributed by atoms with Crippen molar-refractivity contribution in [3.63, 3.8) is 0 Å². The molecule has 3 saturated carbocycles. The maximum atomic E-state index is 3.15. The molecule has 6 atom stereocenters. The first-order valence-corrected chi connectivity index (χ1v) is 10.5. The van der Waals surface area contributed by atoms with Crippen molar-refractivity contribution in [3.8, 4) is 0 Å². The lowest BCUT2D eigenvalue weighted by atomic mass is 9.73. The van der Waals surface area contributed by atoms with Crippen molar-refractivity contribution in [3.05, 3.63) is 0 Å². The summed E-state index contributed by atoms with van der Waals surface area (Å²) < 4.78 is 0. The van der Waals surface area contributed by atoms with Crippen LogP contribution in [0.5, 0.6) is 0 Å². The van der Waals surface area contributed by atoms with E-state index in [1.807, 2.05) is 0 Å². The van der Waals surface area contributed by atoms with Crippen molar-refractivity contribution in [2.75, 3.05) is 0 Å². The number of fused-ring (bicyclic) bond motifs is 3. The SMILES string of the molecule is CC(C)C1CCCC(N2C3CCCCC3C3CCCCC32)C1. The predicted molar refractivity (Wildman–Crippen MR) is 93.9 cm³/mol. The highest BCUT2D eigenvalue weighted by Gasteiger charge is 2.51. The van der Waals surface area contributed by atoms with Crippen LogP contribution in [-0.2, 0) is 0 Å². The van der Waals surface area contributed by atoms with Gasteiger partial charge in [-0.3, -0.25) is 4.90 Å². The molecule has 1 heterocycles. The van der Waals surface area contributed by atoms with Gasteiger partial charge in [0.05, 0.1) is 0 Å². The van der Waals surface area contributed by atoms with E-state index >= 15 is 0 Å². The van der Waals surface area contributed by atoms with Crippen LogP contribution in [0.3, 0.4) is 0 Å². The Morgan fingerprint density at radius 2 is 1.27 bits per heavy atom. The molecule has 6 unspecified atom stereocenters. The monoisotopic (exact) mass is 303 g/mol. The van der Waals surface area contributed by atoms with Gasteiger partial charge in [-0.2, -0.15) is 0 Å². The van der Waals surface area contributed by atoms with Crippen LogP contribution in [0.1, 0.15) is 90.9 Å². The third-order valence-electron chi connectivity index (χ3n) is 7.93. The number of nitrogens with zero attached hydrogens (tertiary/aromatic N) is 1. The fourth-order valence-electron chi connectivity index (χ4n) is 6.88. The molecule has 0 radical (unpaired) electrons. The molecule has 22 heavy (non-hydrogen) atoms. The van der Waals surface area contributed by atoms with Crippen LogP contribution in [0.2, 0.25) is 0 Å². The number of rotatable bonds is 2. The normalized spacial score (nSPS) is 46.5. The van der Waals surface area contributed by atoms with Crippen molar-refractivity contribution < 1.29 is 0 Å². The van der Waals surface area contributed by atoms with Crippen LogP contribution in [0.15, 0.2) is 0 Å². The van der Waals surface area contributed by atoms with Crippen LogP contribution in [0.4, 0.5) is 0 Å². The molecule has 0 N–H and O–H groups in total. The Bertz CT molecular complexity index is 354. The third kappa shape index (κ3) is 2.66. The molecule has 4 fully saturated rings. The second kappa shape index (κ2) is 6.46. The second-order valence-corrected chi connectivity index (χ2v) is 9.30. The topological polar surface area (TPSA) is 3.24 Å². The molecule has 1 saturated heterocycles. The summed E-state index contributed by atoms with van der Waals surface area (Å²) in [6.07, 6.45) is 18.3. The number of hydrogen-bond donors (Lipinski definition) is 0. The van der Waals surface area contributed by atoms with Gasteiger partial charge < -0.3 is 0 Å². The first-order chi connectivity index (χ1) is 10.8. The zero-order chi connectivity index (χ0) is 15.1. The molecule has 1 aliphatic heterocycles. The summed E-state index contributed by atoms with van der Waals surface area (Å²) in [5, 5.41) is 0. The summed E-state index contributed by atoms with van der Waals surface area (Å²) in [6, 6.07) is 2.91. The van der Waals surface area contributed by atoms with Crippen LogP contribution < -0.4 is 0 Å². The van der Waals surface area contributed by atoms with E-state index in [0.717, 1.165) is 41.8 Å². The van der Waals surface area contributed by atoms with Crippen LogP contribution in [0.25, 0.3) is 0 Å². The van der Waals surface area contributed by atoms with Crippen molar-refractivity contribution in [2.24, 2.45) is 23.7 Å². The summed E-state index contributed by atoms with van der Waals surface area (Å²) in [6.45, 7) is 4.92. The van der Waals surface area contributed by atoms with E-state index in [1.165, 1.54) is 64.2 Å². The van der Waals surface area contributed by atoms with Gasteiger partial charge in [0.15, 0.2) is 0 Å². The predicted octanol–water partition coefficient (Wildman–Crippen LogP) is 5.63. The van der Waals surface area contributed by atoms with Gasteiger partial charge in [0.2, 0.25) is 0 Å². The van der Waals surface area contributed by atoms with E-state index in [0.29, 0.717) is 0 Å². The Morgan fingerprint density at radius 3 is 1.86 bits per heavy atom. The van der Waals surface area contributed by atoms with E-state index in [9.17, 15) is 0 Å². The van der Waals surface area contributed by atoms with Gasteiger partial charge in [0.25, 0.3) is 0 Å². The van der Waals surface area contributed by atoms with Crippen LogP contribution >= 0.6 is 0 Å². The van der Waals surface area contributed by atoms with E-state index in [-0.39, 0.29) is 0 Å². The summed E-state index contributed by atoms with van der Waals surface area (Å²) >= 11 is 0. The highest BCUT2D eigenvalue weighted by Crippen LogP contribution is 2.51. The number of likely N-dealkylation sites (tertiary alicyclic amines) is 1. The van der Waals surface area contributed by atoms with Gasteiger partial charge in [-0.05, 0) is 62.2 Å². The molecule has 0 aromatic carbocycles. The van der Waals surface area contributed by atoms with Gasteiger partial charge in [-0.15, -0.1) is 0 Å². The van der Waals surface area contributed by atoms with E-state index in [4.69, 9.17) is 0 Å². The van der Waals surface area contributed by atoms with Crippen LogP contribution in [-0.4, -0.2) is 23.0 Å². The fraction of sp³-hybridized carbons (Fsp3) is 1.00. The minimum atomic E-state index is 0.898. The van der Waals surface area contributed by atoms with E-state index in [1.54, 1.807) is 12.8 Å². The smallest absolute Gasteiger partial charge is 0.0133 e. The molecule has 0 aromatic heterocycles. The molecule has 3 aliphatic carbocycles. The van der Waals surface area contributed by atoms with Crippen LogP contribution in [0, 0.1) is 23.7 Å². The minimum absolute atomic E-state index is 0.898. The summed E-state index contributed by atoms with van der Waals surface area (Å²) in [4.78, 5) is 3.15. The molecular formula is C21H37N. The average molecular weight is 304 g/mol. The van der Waals surface area contributed by atoms with Gasteiger partial charge in [-0.1, -0.05) is 52.4 Å². The lowest BCUT2D eigenvalue weighted by molar-refractivity contribution is 0.0442. The Kier molecular flexibility index (Phi) is 4.55. The lowest BCUT2D eigenvalue weighted by Crippen LogP contribution is -2.48. The zero-order valence-corrected chi connectivity index (χ0v) is 15.0. The summed E-state index contributed by atoms with van der Waals surface area (Å²) in [5.41, 5.74) is 0. The average Bonchev–Trinajstić information content (AvgIpc) is 2.89. The van der Waals surface area contributed by atoms with Gasteiger partial charge in [0.1, 0.15) is 0 Å². The largest absolute Gasteiger partial charge is 0.294 e. The molecule has 0 aromatic rings. The molecular weight excluding hydrogens is 266 g/mol. The Labute approximate surface area is 138 Å². The maximum absolute atomic E-state index is 3.15. The fourth-order valence-corrected chi connectivity index (χ4v) is 6.88. The minimum Gasteiger partial charge on any atom is -0.294 e. The molecule has 4 rings (SSSR count). The molecule has 1 nitrogen and oxygen atoms in total. The van der Waals surface area contributed by atoms with E-state index < -0.39 is 0 Å². The molecule has 0 amide bonds. The van der Waals surface area contributed by atoms with Crippen molar-refractivity contribution >= 4 is 0 Å². The maximum Gasteiger partial charge on any atom is 0.0133 e. The Balaban J connectivity index is 1.55. The lowest BCUT2D eigenvalue weighted by Gasteiger charge is -2.44. The van der Waals surface area contributed by atoms with Gasteiger partial charge in [-0.25, -0.2) is 0 Å². The second-order valence-electron chi connectivity index (χ2n) is 9.30. The van der Waals surface area contributed by atoms with Gasteiger partial charge in [0, 0.05) is 18.1 Å². The number of hydrogen-bond acceptors (Lipinski definition) is 1. The summed E-state index contributed by atoms with van der Waals surface area (Å²) in [7, 11) is 0. The summed E-state index contributed by atoms with van der Waals surface area (Å²) in [5.74, 6) is 4.06. The Morgan fingerprint density at radius 1 is 0.682 bits per heavy atom. The van der Waals surface area contributed by atoms with Crippen molar-refractivity contribution in [1.29, 1.82) is 0 Å². The highest BCUT2D eigenvalue weighted by atomic mass is 15.3. The molecule has 1 heteroatoms. The standard InChI is InChI=1S/C21H37N/c1-15(2)16-8-7-9-17(14-16)22-20-12-5-3-10-18(20)19-11-4-6-13-21(19)22/h15-21H,3-14H2,1-2H3. The quantitative estimate of drug-likeness (QED) is 0.638. The zero-order valence-electron chi connectivity index (χ0n) is 15.0. The molecule has 4 aliphatic rings. The first-order valence-electron chi connectivity index (χ1n) is 10.5. The van der Waals surface area contributed by atoms with Crippen molar-refractivity contribution in [1.82, 2.24) is 4.90 Å². The Hall–Kier alpha value is -0.0400. The highest BCUT2D eigenvalue weighted by molar-refractivity contribution is 5.05. The van der Waals surface area contributed by atoms with Gasteiger partial charge >= 0.3 is 0 Å².